The van der Waals surface area contributed by atoms with Crippen molar-refractivity contribution in [3.8, 4) is 0 Å². The number of fused-ring (bicyclic) bond motifs is 1. The quantitative estimate of drug-likeness (QED) is 0.665. The standard InChI is InChI=1S/C22H22N4OS/c1-25-16-17-15-19(13-14-21(17)23-22(25)27)26(2)28(20-11-7-4-8-12-20)24-18-9-5-3-6-10-18/h3-15H,16H2,1-2H3,(H,23,27)/t28-/m0/s1. The molecular weight excluding hydrogens is 368 g/mol. The highest BCUT2D eigenvalue weighted by Gasteiger charge is 2.20. The molecule has 1 heterocycles. The Labute approximate surface area is 167 Å². The second-order valence-electron chi connectivity index (χ2n) is 6.63. The fourth-order valence-electron chi connectivity index (χ4n) is 3.07. The Morgan fingerprint density at radius 3 is 2.39 bits per heavy atom. The predicted octanol–water partition coefficient (Wildman–Crippen LogP) is 5.21. The lowest BCUT2D eigenvalue weighted by Gasteiger charge is -2.28. The summed E-state index contributed by atoms with van der Waals surface area (Å²) in [6, 6.07) is 26.4. The summed E-state index contributed by atoms with van der Waals surface area (Å²) < 4.78 is 7.21. The van der Waals surface area contributed by atoms with E-state index < -0.39 is 10.9 Å². The maximum atomic E-state index is 11.9. The molecule has 6 heteroatoms. The Morgan fingerprint density at radius 2 is 1.68 bits per heavy atom. The van der Waals surface area contributed by atoms with E-state index >= 15 is 0 Å². The molecule has 0 unspecified atom stereocenters. The highest BCUT2D eigenvalue weighted by atomic mass is 32.2. The van der Waals surface area contributed by atoms with Crippen molar-refractivity contribution in [1.82, 2.24) is 4.90 Å². The first kappa shape index (κ1) is 18.3. The number of nitrogens with one attached hydrogen (secondary N) is 1. The molecule has 142 valence electrons. The zero-order valence-electron chi connectivity index (χ0n) is 15.9. The molecule has 1 atom stereocenters. The van der Waals surface area contributed by atoms with Crippen LogP contribution in [0.2, 0.25) is 0 Å². The van der Waals surface area contributed by atoms with Gasteiger partial charge in [-0.05, 0) is 48.0 Å². The number of hydrogen-bond acceptors (Lipinski definition) is 2. The molecule has 0 saturated heterocycles. The molecule has 3 aromatic rings. The normalized spacial score (nSPS) is 14.4. The largest absolute Gasteiger partial charge is 0.323 e. The van der Waals surface area contributed by atoms with E-state index in [-0.39, 0.29) is 6.03 Å². The number of carbonyl (C=O) groups excluding carboxylic acids is 1. The minimum Gasteiger partial charge on any atom is -0.323 e. The molecular formula is C22H22N4OS. The number of amides is 2. The molecule has 5 nitrogen and oxygen atoms in total. The minimum absolute atomic E-state index is 0.0725. The summed E-state index contributed by atoms with van der Waals surface area (Å²) in [5, 5.41) is 2.92. The van der Waals surface area contributed by atoms with Crippen molar-refractivity contribution in [2.45, 2.75) is 11.4 Å². The minimum atomic E-state index is -0.494. The molecule has 0 spiro atoms. The molecule has 0 bridgehead atoms. The third-order valence-corrected chi connectivity index (χ3v) is 6.42. The summed E-state index contributed by atoms with van der Waals surface area (Å²) in [6.07, 6.45) is 0. The van der Waals surface area contributed by atoms with Gasteiger partial charge in [0.1, 0.15) is 0 Å². The third-order valence-electron chi connectivity index (χ3n) is 4.61. The second-order valence-corrected chi connectivity index (χ2v) is 8.36. The molecule has 4 rings (SSSR count). The van der Waals surface area contributed by atoms with Gasteiger partial charge in [0.05, 0.1) is 5.69 Å². The van der Waals surface area contributed by atoms with Crippen LogP contribution in [0.5, 0.6) is 0 Å². The Hall–Kier alpha value is -3.12. The van der Waals surface area contributed by atoms with E-state index in [2.05, 4.69) is 34.9 Å². The molecule has 3 aromatic carbocycles. The van der Waals surface area contributed by atoms with Crippen LogP contribution in [-0.4, -0.2) is 25.0 Å². The summed E-state index contributed by atoms with van der Waals surface area (Å²) in [7, 11) is 3.37. The molecule has 1 N–H and O–H groups in total. The van der Waals surface area contributed by atoms with E-state index in [0.29, 0.717) is 6.54 Å². The van der Waals surface area contributed by atoms with E-state index in [1.165, 1.54) is 0 Å². The van der Waals surface area contributed by atoms with Gasteiger partial charge in [-0.1, -0.05) is 36.4 Å². The molecule has 1 aliphatic rings. The van der Waals surface area contributed by atoms with Crippen LogP contribution in [0.4, 0.5) is 21.9 Å². The van der Waals surface area contributed by atoms with Crippen molar-refractivity contribution in [2.24, 2.45) is 4.36 Å². The van der Waals surface area contributed by atoms with Gasteiger partial charge in [-0.15, -0.1) is 0 Å². The lowest BCUT2D eigenvalue weighted by Crippen LogP contribution is -2.35. The zero-order chi connectivity index (χ0) is 19.5. The Morgan fingerprint density at radius 1 is 1.00 bits per heavy atom. The summed E-state index contributed by atoms with van der Waals surface area (Å²) in [4.78, 5) is 14.7. The summed E-state index contributed by atoms with van der Waals surface area (Å²) in [5.41, 5.74) is 3.99. The number of nitrogens with zero attached hydrogens (tertiary/aromatic N) is 3. The van der Waals surface area contributed by atoms with Gasteiger partial charge in [-0.3, -0.25) is 0 Å². The van der Waals surface area contributed by atoms with Crippen LogP contribution in [0.15, 0.2) is 88.1 Å². The van der Waals surface area contributed by atoms with Crippen molar-refractivity contribution in [3.05, 3.63) is 84.4 Å². The number of anilines is 2. The molecule has 0 aromatic heterocycles. The van der Waals surface area contributed by atoms with Gasteiger partial charge >= 0.3 is 6.03 Å². The maximum Gasteiger partial charge on any atom is 0.321 e. The number of urea groups is 1. The molecule has 0 saturated carbocycles. The SMILES string of the molecule is CN1Cc2cc(N(C)[S@](=Nc3ccccc3)c3ccccc3)ccc2NC1=O. The van der Waals surface area contributed by atoms with Crippen LogP contribution >= 0.6 is 0 Å². The average Bonchev–Trinajstić information content (AvgIpc) is 2.73. The first-order valence-electron chi connectivity index (χ1n) is 9.07. The van der Waals surface area contributed by atoms with Crippen molar-refractivity contribution in [2.75, 3.05) is 23.7 Å². The smallest absolute Gasteiger partial charge is 0.321 e. The Bertz CT molecular complexity index is 1020. The fourth-order valence-corrected chi connectivity index (χ4v) is 4.65. The van der Waals surface area contributed by atoms with E-state index in [1.54, 1.807) is 11.9 Å². The van der Waals surface area contributed by atoms with Gasteiger partial charge in [-0.2, -0.15) is 0 Å². The van der Waals surface area contributed by atoms with Crippen LogP contribution in [0.3, 0.4) is 0 Å². The van der Waals surface area contributed by atoms with Gasteiger partial charge in [0, 0.05) is 47.8 Å². The average molecular weight is 391 g/mol. The second kappa shape index (κ2) is 7.86. The first-order valence-corrected chi connectivity index (χ1v) is 10.2. The van der Waals surface area contributed by atoms with E-state index in [1.807, 2.05) is 60.7 Å². The summed E-state index contributed by atoms with van der Waals surface area (Å²) >= 11 is 0. The lowest BCUT2D eigenvalue weighted by atomic mass is 10.1. The van der Waals surface area contributed by atoms with E-state index in [4.69, 9.17) is 4.36 Å². The maximum absolute atomic E-state index is 11.9. The highest BCUT2D eigenvalue weighted by molar-refractivity contribution is 7.88. The number of rotatable bonds is 4. The van der Waals surface area contributed by atoms with Gasteiger partial charge < -0.3 is 14.5 Å². The zero-order valence-corrected chi connectivity index (χ0v) is 16.7. The van der Waals surface area contributed by atoms with E-state index in [0.717, 1.165) is 27.5 Å². The number of hydrogen-bond donors (Lipinski definition) is 1. The van der Waals surface area contributed by atoms with Crippen LogP contribution in [0.25, 0.3) is 0 Å². The molecule has 0 fully saturated rings. The number of carbonyl (C=O) groups is 1. The topological polar surface area (TPSA) is 47.9 Å². The summed E-state index contributed by atoms with van der Waals surface area (Å²) in [6.45, 7) is 0.595. The predicted molar refractivity (Wildman–Crippen MR) is 116 cm³/mol. The number of benzene rings is 3. The van der Waals surface area contributed by atoms with Gasteiger partial charge in [0.25, 0.3) is 0 Å². The van der Waals surface area contributed by atoms with Crippen molar-refractivity contribution < 1.29 is 4.79 Å². The van der Waals surface area contributed by atoms with Crippen LogP contribution in [0, 0.1) is 0 Å². The fraction of sp³-hybridized carbons (Fsp3) is 0.136. The van der Waals surface area contributed by atoms with Gasteiger partial charge in [0.15, 0.2) is 0 Å². The van der Waals surface area contributed by atoms with Crippen molar-refractivity contribution in [1.29, 1.82) is 0 Å². The van der Waals surface area contributed by atoms with Crippen molar-refractivity contribution in [3.63, 3.8) is 0 Å². The Kier molecular flexibility index (Phi) is 5.12. The Balaban J connectivity index is 1.74. The van der Waals surface area contributed by atoms with Gasteiger partial charge in [0.2, 0.25) is 0 Å². The highest BCUT2D eigenvalue weighted by Crippen LogP contribution is 2.30. The van der Waals surface area contributed by atoms with Crippen LogP contribution in [-0.2, 0) is 17.4 Å². The van der Waals surface area contributed by atoms with E-state index in [9.17, 15) is 4.79 Å². The summed E-state index contributed by atoms with van der Waals surface area (Å²) in [5.74, 6) is 0. The lowest BCUT2D eigenvalue weighted by molar-refractivity contribution is 0.218. The molecule has 0 aliphatic carbocycles. The molecule has 1 aliphatic heterocycles. The molecule has 28 heavy (non-hydrogen) atoms. The molecule has 0 radical (unpaired) electrons. The van der Waals surface area contributed by atoms with Crippen LogP contribution in [0.1, 0.15) is 5.56 Å². The van der Waals surface area contributed by atoms with Crippen LogP contribution < -0.4 is 9.62 Å². The van der Waals surface area contributed by atoms with Crippen molar-refractivity contribution >= 4 is 34.0 Å². The molecule has 2 amide bonds. The third kappa shape index (κ3) is 3.77. The first-order chi connectivity index (χ1) is 13.6. The van der Waals surface area contributed by atoms with Gasteiger partial charge in [-0.25, -0.2) is 9.16 Å². The monoisotopic (exact) mass is 390 g/mol.